The molecule has 8 nitrogen and oxygen atoms in total. The summed E-state index contributed by atoms with van der Waals surface area (Å²) >= 11 is 0. The number of anilines is 3. The van der Waals surface area contributed by atoms with Gasteiger partial charge in [0.15, 0.2) is 17.0 Å². The van der Waals surface area contributed by atoms with Gasteiger partial charge in [0.2, 0.25) is 5.95 Å². The molecule has 3 N–H and O–H groups in total. The number of phenols is 1. The molecule has 0 amide bonds. The lowest BCUT2D eigenvalue weighted by Crippen LogP contribution is -2.14. The fraction of sp³-hybridized carbons (Fsp3) is 0.286. The van der Waals surface area contributed by atoms with Crippen LogP contribution in [-0.4, -0.2) is 36.2 Å². The molecular formula is C28H29N7O. The number of rotatable bonds is 7. The van der Waals surface area contributed by atoms with Crippen LogP contribution in [0.15, 0.2) is 67.1 Å². The van der Waals surface area contributed by atoms with E-state index < -0.39 is 0 Å². The molecule has 3 heterocycles. The number of benzene rings is 2. The monoisotopic (exact) mass is 479 g/mol. The number of aromatic hydroxyl groups is 1. The molecule has 0 unspecified atom stereocenters. The summed E-state index contributed by atoms with van der Waals surface area (Å²) in [5, 5.41) is 18.5. The zero-order valence-electron chi connectivity index (χ0n) is 20.1. The Bertz CT molecular complexity index is 1480. The van der Waals surface area contributed by atoms with Crippen molar-refractivity contribution in [2.24, 2.45) is 0 Å². The molecule has 5 aromatic rings. The van der Waals surface area contributed by atoms with Gasteiger partial charge in [0.25, 0.3) is 0 Å². The Hall–Kier alpha value is -4.20. The summed E-state index contributed by atoms with van der Waals surface area (Å²) in [6, 6.07) is 17.8. The molecule has 182 valence electrons. The predicted octanol–water partition coefficient (Wildman–Crippen LogP) is 5.98. The van der Waals surface area contributed by atoms with Crippen LogP contribution < -0.4 is 10.6 Å². The quantitative estimate of drug-likeness (QED) is 0.264. The van der Waals surface area contributed by atoms with E-state index in [0.29, 0.717) is 24.4 Å². The second-order valence-electron chi connectivity index (χ2n) is 9.36. The molecule has 3 aromatic heterocycles. The number of nitrogens with one attached hydrogen (secondary N) is 2. The van der Waals surface area contributed by atoms with Gasteiger partial charge >= 0.3 is 0 Å². The number of hydrogen-bond donors (Lipinski definition) is 3. The Morgan fingerprint density at radius 3 is 2.58 bits per heavy atom. The normalized spacial score (nSPS) is 14.3. The van der Waals surface area contributed by atoms with Crippen LogP contribution in [0.4, 0.5) is 17.6 Å². The van der Waals surface area contributed by atoms with Gasteiger partial charge in [0, 0.05) is 24.2 Å². The fourth-order valence-corrected chi connectivity index (χ4v) is 5.04. The van der Waals surface area contributed by atoms with E-state index in [9.17, 15) is 5.11 Å². The summed E-state index contributed by atoms with van der Waals surface area (Å²) in [7, 11) is 0. The molecule has 0 spiro atoms. The molecule has 1 aliphatic rings. The van der Waals surface area contributed by atoms with Crippen molar-refractivity contribution < 1.29 is 5.11 Å². The van der Waals surface area contributed by atoms with Crippen molar-refractivity contribution in [3.63, 3.8) is 0 Å². The van der Waals surface area contributed by atoms with Gasteiger partial charge in [0.1, 0.15) is 11.6 Å². The molecule has 0 aliphatic heterocycles. The molecule has 6 rings (SSSR count). The zero-order valence-corrected chi connectivity index (χ0v) is 20.1. The van der Waals surface area contributed by atoms with Gasteiger partial charge < -0.3 is 20.3 Å². The Morgan fingerprint density at radius 1 is 0.889 bits per heavy atom. The van der Waals surface area contributed by atoms with Crippen molar-refractivity contribution in [1.29, 1.82) is 0 Å². The van der Waals surface area contributed by atoms with Crippen LogP contribution in [0.1, 0.15) is 43.7 Å². The molecule has 36 heavy (non-hydrogen) atoms. The number of pyridine rings is 1. The van der Waals surface area contributed by atoms with Crippen LogP contribution in [0.3, 0.4) is 0 Å². The van der Waals surface area contributed by atoms with E-state index in [4.69, 9.17) is 15.0 Å². The first-order valence-corrected chi connectivity index (χ1v) is 12.6. The highest BCUT2D eigenvalue weighted by atomic mass is 16.3. The smallest absolute Gasteiger partial charge is 0.232 e. The van der Waals surface area contributed by atoms with Gasteiger partial charge in [-0.25, -0.2) is 9.97 Å². The second kappa shape index (κ2) is 9.81. The van der Waals surface area contributed by atoms with Crippen LogP contribution in [0, 0.1) is 0 Å². The van der Waals surface area contributed by atoms with Crippen molar-refractivity contribution in [2.45, 2.75) is 44.6 Å². The maximum absolute atomic E-state index is 9.55. The lowest BCUT2D eigenvalue weighted by atomic mass is 9.95. The molecule has 0 radical (unpaired) electrons. The SMILES string of the molecule is Oc1ccc(CCNc2nc(Nc3nccc4ccccc34)nc3c2ncn3C2CCCCC2)cc1. The average Bonchev–Trinajstić information content (AvgIpc) is 3.35. The molecular weight excluding hydrogens is 450 g/mol. The van der Waals surface area contributed by atoms with Gasteiger partial charge in [-0.15, -0.1) is 0 Å². The molecule has 8 heteroatoms. The molecule has 1 saturated carbocycles. The lowest BCUT2D eigenvalue weighted by Gasteiger charge is -2.23. The minimum Gasteiger partial charge on any atom is -0.508 e. The number of fused-ring (bicyclic) bond motifs is 2. The third kappa shape index (κ3) is 4.54. The lowest BCUT2D eigenvalue weighted by molar-refractivity contribution is 0.358. The molecule has 0 atom stereocenters. The number of imidazole rings is 1. The number of nitrogens with zero attached hydrogens (tertiary/aromatic N) is 5. The van der Waals surface area contributed by atoms with E-state index in [0.717, 1.165) is 52.6 Å². The van der Waals surface area contributed by atoms with Gasteiger partial charge in [-0.1, -0.05) is 55.7 Å². The Morgan fingerprint density at radius 2 is 1.72 bits per heavy atom. The van der Waals surface area contributed by atoms with Gasteiger partial charge in [-0.2, -0.15) is 9.97 Å². The predicted molar refractivity (Wildman–Crippen MR) is 143 cm³/mol. The fourth-order valence-electron chi connectivity index (χ4n) is 5.04. The standard InChI is InChI=1S/C28H29N7O/c36-22-12-10-19(11-13-22)14-16-30-26-24-27(35(18-31-24)21-7-2-1-3-8-21)34-28(33-26)32-25-23-9-5-4-6-20(23)15-17-29-25/h4-6,9-13,15,17-18,21,36H,1-3,7-8,14,16H2,(H2,29,30,32,33,34). The van der Waals surface area contributed by atoms with E-state index in [2.05, 4.69) is 26.3 Å². The van der Waals surface area contributed by atoms with Crippen LogP contribution in [0.2, 0.25) is 0 Å². The van der Waals surface area contributed by atoms with Crippen molar-refractivity contribution in [2.75, 3.05) is 17.2 Å². The Kier molecular flexibility index (Phi) is 6.07. The van der Waals surface area contributed by atoms with Gasteiger partial charge in [0.05, 0.1) is 6.33 Å². The Labute approximate surface area is 209 Å². The summed E-state index contributed by atoms with van der Waals surface area (Å²) in [6.45, 7) is 0.680. The Balaban J connectivity index is 1.34. The van der Waals surface area contributed by atoms with Crippen molar-refractivity contribution in [3.05, 3.63) is 72.7 Å². The highest BCUT2D eigenvalue weighted by Gasteiger charge is 2.21. The van der Waals surface area contributed by atoms with Crippen molar-refractivity contribution in [1.82, 2.24) is 24.5 Å². The van der Waals surface area contributed by atoms with Crippen LogP contribution in [0.25, 0.3) is 21.9 Å². The maximum Gasteiger partial charge on any atom is 0.232 e. The van der Waals surface area contributed by atoms with E-state index >= 15 is 0 Å². The van der Waals surface area contributed by atoms with E-state index in [1.54, 1.807) is 18.3 Å². The maximum atomic E-state index is 9.55. The van der Waals surface area contributed by atoms with Crippen LogP contribution in [-0.2, 0) is 6.42 Å². The number of aromatic nitrogens is 5. The van der Waals surface area contributed by atoms with Gasteiger partial charge in [-0.3, -0.25) is 0 Å². The number of phenolic OH excluding ortho intramolecular Hbond substituents is 1. The molecule has 2 aromatic carbocycles. The minimum atomic E-state index is 0.273. The molecule has 1 aliphatic carbocycles. The second-order valence-corrected chi connectivity index (χ2v) is 9.36. The number of hydrogen-bond acceptors (Lipinski definition) is 7. The zero-order chi connectivity index (χ0) is 24.3. The molecule has 0 saturated heterocycles. The molecule has 0 bridgehead atoms. The van der Waals surface area contributed by atoms with Crippen molar-refractivity contribution in [3.8, 4) is 5.75 Å². The van der Waals surface area contributed by atoms with Crippen LogP contribution >= 0.6 is 0 Å². The average molecular weight is 480 g/mol. The first kappa shape index (κ1) is 22.3. The largest absolute Gasteiger partial charge is 0.508 e. The van der Waals surface area contributed by atoms with E-state index in [1.165, 1.54) is 19.3 Å². The van der Waals surface area contributed by atoms with Gasteiger partial charge in [-0.05, 0) is 48.4 Å². The first-order chi connectivity index (χ1) is 17.7. The first-order valence-electron chi connectivity index (χ1n) is 12.6. The summed E-state index contributed by atoms with van der Waals surface area (Å²) in [5.74, 6) is 2.20. The topological polar surface area (TPSA) is 101 Å². The summed E-state index contributed by atoms with van der Waals surface area (Å²) < 4.78 is 2.23. The summed E-state index contributed by atoms with van der Waals surface area (Å²) in [5.41, 5.74) is 2.76. The van der Waals surface area contributed by atoms with Crippen molar-refractivity contribution >= 4 is 39.5 Å². The van der Waals surface area contributed by atoms with Crippen LogP contribution in [0.5, 0.6) is 5.75 Å². The summed E-state index contributed by atoms with van der Waals surface area (Å²) in [4.78, 5) is 19.0. The third-order valence-electron chi connectivity index (χ3n) is 6.94. The third-order valence-corrected chi connectivity index (χ3v) is 6.94. The highest BCUT2D eigenvalue weighted by molar-refractivity contribution is 5.93. The molecule has 1 fully saturated rings. The minimum absolute atomic E-state index is 0.273. The summed E-state index contributed by atoms with van der Waals surface area (Å²) in [6.07, 6.45) is 10.6. The van der Waals surface area contributed by atoms with E-state index in [1.807, 2.05) is 42.7 Å². The highest BCUT2D eigenvalue weighted by Crippen LogP contribution is 2.32. The van der Waals surface area contributed by atoms with E-state index in [-0.39, 0.29) is 5.75 Å².